The molecule has 20 heavy (non-hydrogen) atoms. The largest absolute Gasteiger partial charge is 0.497 e. The molecule has 1 amide bonds. The van der Waals surface area contributed by atoms with Crippen LogP contribution < -0.4 is 15.8 Å². The number of hydrogen-bond donors (Lipinski definition) is 3. The summed E-state index contributed by atoms with van der Waals surface area (Å²) in [6, 6.07) is 6.25. The van der Waals surface area contributed by atoms with E-state index >= 15 is 0 Å². The summed E-state index contributed by atoms with van der Waals surface area (Å²) < 4.78 is 9.80. The number of nitrogens with two attached hydrogens (primary N) is 1. The van der Waals surface area contributed by atoms with E-state index in [1.165, 1.54) is 7.11 Å². The molecule has 0 aliphatic carbocycles. The zero-order valence-electron chi connectivity index (χ0n) is 11.5. The number of rotatable bonds is 7. The van der Waals surface area contributed by atoms with Gasteiger partial charge in [0.15, 0.2) is 0 Å². The van der Waals surface area contributed by atoms with Crippen LogP contribution in [0.2, 0.25) is 0 Å². The summed E-state index contributed by atoms with van der Waals surface area (Å²) >= 11 is 0. The molecule has 6 nitrogen and oxygen atoms in total. The Morgan fingerprint density at radius 3 is 2.45 bits per heavy atom. The van der Waals surface area contributed by atoms with Gasteiger partial charge in [-0.2, -0.15) is 0 Å². The predicted molar refractivity (Wildman–Crippen MR) is 78.1 cm³/mol. The third-order valence-corrected chi connectivity index (χ3v) is 2.65. The van der Waals surface area contributed by atoms with Gasteiger partial charge in [-0.3, -0.25) is 4.79 Å². The van der Waals surface area contributed by atoms with Gasteiger partial charge in [0.2, 0.25) is 5.91 Å². The van der Waals surface area contributed by atoms with Gasteiger partial charge < -0.3 is 25.6 Å². The summed E-state index contributed by atoms with van der Waals surface area (Å²) in [6.07, 6.45) is -0.787. The standard InChI is InChI=1S/C13H20N2O4.ClH/c1-18-8-11(14)13(17)15-7-12(16)9-3-5-10(19-2)6-4-9;/h3-6,11-12,16H,7-8,14H2,1-2H3,(H,15,17);1H. The third kappa shape index (κ3) is 5.75. The number of nitrogens with one attached hydrogen (secondary N) is 1. The number of carbonyl (C=O) groups is 1. The Kier molecular flexibility index (Phi) is 8.91. The molecule has 0 radical (unpaired) electrons. The van der Waals surface area contributed by atoms with E-state index in [-0.39, 0.29) is 31.5 Å². The van der Waals surface area contributed by atoms with Crippen molar-refractivity contribution in [1.82, 2.24) is 5.32 Å². The topological polar surface area (TPSA) is 93.8 Å². The second-order valence-electron chi connectivity index (χ2n) is 4.10. The van der Waals surface area contributed by atoms with Crippen molar-refractivity contribution < 1.29 is 19.4 Å². The van der Waals surface area contributed by atoms with Gasteiger partial charge >= 0.3 is 0 Å². The molecule has 0 bridgehead atoms. The summed E-state index contributed by atoms with van der Waals surface area (Å²) in [5, 5.41) is 12.5. The first-order chi connectivity index (χ1) is 9.08. The van der Waals surface area contributed by atoms with Gasteiger partial charge in [-0.15, -0.1) is 12.4 Å². The molecule has 2 atom stereocenters. The normalized spacial score (nSPS) is 13.0. The molecule has 1 aromatic rings. The number of benzene rings is 1. The highest BCUT2D eigenvalue weighted by atomic mass is 35.5. The third-order valence-electron chi connectivity index (χ3n) is 2.65. The molecular formula is C13H21ClN2O4. The lowest BCUT2D eigenvalue weighted by Crippen LogP contribution is -2.44. The number of halogens is 1. The maximum Gasteiger partial charge on any atom is 0.239 e. The van der Waals surface area contributed by atoms with E-state index in [0.717, 1.165) is 0 Å². The summed E-state index contributed by atoms with van der Waals surface area (Å²) in [6.45, 7) is 0.243. The van der Waals surface area contributed by atoms with Gasteiger partial charge in [0.25, 0.3) is 0 Å². The molecule has 0 saturated heterocycles. The molecule has 0 heterocycles. The second kappa shape index (κ2) is 9.55. The minimum Gasteiger partial charge on any atom is -0.497 e. The molecule has 0 saturated carbocycles. The van der Waals surface area contributed by atoms with Crippen molar-refractivity contribution in [1.29, 1.82) is 0 Å². The molecule has 7 heteroatoms. The molecular weight excluding hydrogens is 284 g/mol. The number of methoxy groups -OCH3 is 2. The molecule has 1 aromatic carbocycles. The van der Waals surface area contributed by atoms with Crippen molar-refractivity contribution in [3.05, 3.63) is 29.8 Å². The SMILES string of the molecule is COCC(N)C(=O)NCC(O)c1ccc(OC)cc1.Cl. The first kappa shape index (κ1) is 18.7. The highest BCUT2D eigenvalue weighted by molar-refractivity contribution is 5.85. The minimum absolute atomic E-state index is 0. The van der Waals surface area contributed by atoms with Crippen molar-refractivity contribution in [2.24, 2.45) is 5.73 Å². The van der Waals surface area contributed by atoms with Crippen molar-refractivity contribution in [3.63, 3.8) is 0 Å². The Morgan fingerprint density at radius 2 is 1.95 bits per heavy atom. The first-order valence-corrected chi connectivity index (χ1v) is 5.92. The lowest BCUT2D eigenvalue weighted by Gasteiger charge is -2.15. The summed E-state index contributed by atoms with van der Waals surface area (Å²) in [4.78, 5) is 11.5. The van der Waals surface area contributed by atoms with Crippen LogP contribution in [0.15, 0.2) is 24.3 Å². The Labute approximate surface area is 124 Å². The fourth-order valence-electron chi connectivity index (χ4n) is 1.53. The molecule has 0 aliphatic rings. The summed E-state index contributed by atoms with van der Waals surface area (Å²) in [7, 11) is 3.04. The monoisotopic (exact) mass is 304 g/mol. The molecule has 0 spiro atoms. The number of aliphatic hydroxyl groups excluding tert-OH is 1. The maximum absolute atomic E-state index is 11.5. The number of hydrogen-bond acceptors (Lipinski definition) is 5. The van der Waals surface area contributed by atoms with Crippen LogP contribution in [0.3, 0.4) is 0 Å². The second-order valence-corrected chi connectivity index (χ2v) is 4.10. The first-order valence-electron chi connectivity index (χ1n) is 5.92. The smallest absolute Gasteiger partial charge is 0.239 e. The fourth-order valence-corrected chi connectivity index (χ4v) is 1.53. The van der Waals surface area contributed by atoms with E-state index < -0.39 is 12.1 Å². The van der Waals surface area contributed by atoms with Crippen LogP contribution in [0.4, 0.5) is 0 Å². The Bertz CT molecular complexity index is 400. The summed E-state index contributed by atoms with van der Waals surface area (Å²) in [5.41, 5.74) is 6.25. The molecule has 0 aromatic heterocycles. The number of carbonyl (C=O) groups excluding carboxylic acids is 1. The Balaban J connectivity index is 0.00000361. The molecule has 1 rings (SSSR count). The van der Waals surface area contributed by atoms with Crippen LogP contribution in [-0.4, -0.2) is 44.4 Å². The predicted octanol–water partition coefficient (Wildman–Crippen LogP) is 0.240. The molecule has 114 valence electrons. The number of amides is 1. The highest BCUT2D eigenvalue weighted by Crippen LogP contribution is 2.16. The Morgan fingerprint density at radius 1 is 1.35 bits per heavy atom. The van der Waals surface area contributed by atoms with Gasteiger partial charge in [0.05, 0.1) is 19.8 Å². The van der Waals surface area contributed by atoms with Crippen LogP contribution in [0, 0.1) is 0 Å². The van der Waals surface area contributed by atoms with Crippen molar-refractivity contribution in [2.75, 3.05) is 27.4 Å². The molecule has 0 fully saturated rings. The zero-order chi connectivity index (χ0) is 14.3. The lowest BCUT2D eigenvalue weighted by molar-refractivity contribution is -0.123. The summed E-state index contributed by atoms with van der Waals surface area (Å²) in [5.74, 6) is 0.358. The van der Waals surface area contributed by atoms with Gasteiger partial charge in [-0.1, -0.05) is 12.1 Å². The highest BCUT2D eigenvalue weighted by Gasteiger charge is 2.15. The average molecular weight is 305 g/mol. The van der Waals surface area contributed by atoms with Crippen LogP contribution in [-0.2, 0) is 9.53 Å². The van der Waals surface area contributed by atoms with E-state index in [2.05, 4.69) is 5.32 Å². The van der Waals surface area contributed by atoms with E-state index in [9.17, 15) is 9.90 Å². The molecule has 0 aliphatic heterocycles. The minimum atomic E-state index is -0.787. The zero-order valence-corrected chi connectivity index (χ0v) is 12.4. The van der Waals surface area contributed by atoms with Crippen molar-refractivity contribution in [2.45, 2.75) is 12.1 Å². The van der Waals surface area contributed by atoms with Crippen molar-refractivity contribution >= 4 is 18.3 Å². The van der Waals surface area contributed by atoms with E-state index in [1.54, 1.807) is 31.4 Å². The van der Waals surface area contributed by atoms with Crippen LogP contribution in [0.1, 0.15) is 11.7 Å². The van der Waals surface area contributed by atoms with Crippen LogP contribution >= 0.6 is 12.4 Å². The van der Waals surface area contributed by atoms with Crippen LogP contribution in [0.25, 0.3) is 0 Å². The maximum atomic E-state index is 11.5. The lowest BCUT2D eigenvalue weighted by atomic mass is 10.1. The quantitative estimate of drug-likeness (QED) is 0.671. The average Bonchev–Trinajstić information content (AvgIpc) is 2.44. The number of aliphatic hydroxyl groups is 1. The van der Waals surface area contributed by atoms with E-state index in [4.69, 9.17) is 15.2 Å². The van der Waals surface area contributed by atoms with E-state index in [0.29, 0.717) is 11.3 Å². The van der Waals surface area contributed by atoms with Crippen LogP contribution in [0.5, 0.6) is 5.75 Å². The van der Waals surface area contributed by atoms with Gasteiger partial charge in [-0.05, 0) is 17.7 Å². The van der Waals surface area contributed by atoms with Crippen molar-refractivity contribution in [3.8, 4) is 5.75 Å². The Hall–Kier alpha value is -1.34. The number of ether oxygens (including phenoxy) is 2. The molecule has 2 unspecified atom stereocenters. The van der Waals surface area contributed by atoms with Gasteiger partial charge in [-0.25, -0.2) is 0 Å². The van der Waals surface area contributed by atoms with Gasteiger partial charge in [0, 0.05) is 13.7 Å². The van der Waals surface area contributed by atoms with Gasteiger partial charge in [0.1, 0.15) is 11.8 Å². The van der Waals surface area contributed by atoms with E-state index in [1.807, 2.05) is 0 Å². The fraction of sp³-hybridized carbons (Fsp3) is 0.462. The molecule has 4 N–H and O–H groups in total.